The second-order valence-corrected chi connectivity index (χ2v) is 2.99. The van der Waals surface area contributed by atoms with Gasteiger partial charge in [0.15, 0.2) is 0 Å². The summed E-state index contributed by atoms with van der Waals surface area (Å²) in [5.74, 6) is 0.993. The van der Waals surface area contributed by atoms with Crippen molar-refractivity contribution < 1.29 is 33.3 Å². The Balaban J connectivity index is 0.000000252. The molecule has 0 saturated carbocycles. The summed E-state index contributed by atoms with van der Waals surface area (Å²) in [6.45, 7) is 3.98. The van der Waals surface area contributed by atoms with Gasteiger partial charge in [-0.3, -0.25) is 0 Å². The van der Waals surface area contributed by atoms with E-state index < -0.39 is 10.2 Å². The van der Waals surface area contributed by atoms with E-state index in [1.807, 2.05) is 26.0 Å². The Morgan fingerprint density at radius 1 is 1.15 bits per heavy atom. The van der Waals surface area contributed by atoms with E-state index in [0.29, 0.717) is 0 Å². The molecule has 0 aliphatic heterocycles. The van der Waals surface area contributed by atoms with Crippen LogP contribution in [0.2, 0.25) is 0 Å². The molecule has 13 heavy (non-hydrogen) atoms. The van der Waals surface area contributed by atoms with Crippen molar-refractivity contribution in [2.75, 3.05) is 0 Å². The number of hydrogen-bond acceptors (Lipinski definition) is 4. The molecular weight excluding hydrogens is 200 g/mol. The van der Waals surface area contributed by atoms with E-state index in [1.54, 1.807) is 6.26 Å². The SMILES string of the molecule is Cc1ccc[o+]c1C.[O-][Cl+3]([O-])([O-])[O-]. The van der Waals surface area contributed by atoms with Crippen molar-refractivity contribution in [1.29, 1.82) is 0 Å². The molecule has 0 N–H and O–H groups in total. The van der Waals surface area contributed by atoms with Crippen molar-refractivity contribution in [3.63, 3.8) is 0 Å². The zero-order valence-electron chi connectivity index (χ0n) is 7.15. The first-order chi connectivity index (χ1) is 5.80. The van der Waals surface area contributed by atoms with E-state index in [1.165, 1.54) is 5.56 Å². The fourth-order valence-electron chi connectivity index (χ4n) is 0.535. The smallest absolute Gasteiger partial charge is 0.222 e. The van der Waals surface area contributed by atoms with E-state index in [2.05, 4.69) is 0 Å². The molecule has 0 amide bonds. The fraction of sp³-hybridized carbons (Fsp3) is 0.286. The van der Waals surface area contributed by atoms with Gasteiger partial charge in [0.1, 0.15) is 0 Å². The Hall–Kier alpha value is -0.720. The molecule has 0 atom stereocenters. The molecule has 0 bridgehead atoms. The van der Waals surface area contributed by atoms with Crippen LogP contribution in [0.5, 0.6) is 0 Å². The summed E-state index contributed by atoms with van der Waals surface area (Å²) in [5.41, 5.74) is 1.20. The van der Waals surface area contributed by atoms with E-state index in [0.717, 1.165) is 5.76 Å². The highest BCUT2D eigenvalue weighted by Crippen LogP contribution is 2.02. The summed E-state index contributed by atoms with van der Waals surface area (Å²) >= 11 is 0. The van der Waals surface area contributed by atoms with Crippen molar-refractivity contribution in [1.82, 2.24) is 0 Å². The first kappa shape index (κ1) is 12.3. The van der Waals surface area contributed by atoms with Crippen LogP contribution in [0.3, 0.4) is 0 Å². The van der Waals surface area contributed by atoms with Crippen LogP contribution in [0.1, 0.15) is 11.3 Å². The molecule has 5 nitrogen and oxygen atoms in total. The summed E-state index contributed by atoms with van der Waals surface area (Å²) in [4.78, 5) is 0. The molecule has 0 aromatic carbocycles. The zero-order valence-corrected chi connectivity index (χ0v) is 7.91. The lowest BCUT2D eigenvalue weighted by Crippen LogP contribution is -2.68. The summed E-state index contributed by atoms with van der Waals surface area (Å²) in [6.07, 6.45) is 1.68. The van der Waals surface area contributed by atoms with Crippen LogP contribution in [-0.4, -0.2) is 0 Å². The van der Waals surface area contributed by atoms with Crippen molar-refractivity contribution in [3.8, 4) is 0 Å². The van der Waals surface area contributed by atoms with Gasteiger partial charge in [0, 0.05) is 11.6 Å². The Morgan fingerprint density at radius 2 is 1.62 bits per heavy atom. The lowest BCUT2D eigenvalue weighted by Gasteiger charge is -2.17. The van der Waals surface area contributed by atoms with Crippen molar-refractivity contribution in [2.24, 2.45) is 0 Å². The number of rotatable bonds is 0. The summed E-state index contributed by atoms with van der Waals surface area (Å²) in [5, 5.41) is 0. The quantitative estimate of drug-likeness (QED) is 0.436. The van der Waals surface area contributed by atoms with Crippen LogP contribution in [0.25, 0.3) is 0 Å². The van der Waals surface area contributed by atoms with Gasteiger partial charge in [-0.15, -0.1) is 10.2 Å². The minimum Gasteiger partial charge on any atom is -0.222 e. The molecule has 0 saturated heterocycles. The largest absolute Gasteiger partial charge is 0.328 e. The molecule has 1 aromatic rings. The Bertz CT molecular complexity index is 230. The third kappa shape index (κ3) is 9.19. The summed E-state index contributed by atoms with van der Waals surface area (Å²) in [7, 11) is -4.94. The molecule has 0 aliphatic carbocycles. The molecule has 6 heteroatoms. The van der Waals surface area contributed by atoms with Gasteiger partial charge >= 0.3 is 12.0 Å². The molecule has 0 fully saturated rings. The Labute approximate surface area is 77.6 Å². The van der Waals surface area contributed by atoms with Crippen molar-refractivity contribution in [2.45, 2.75) is 13.8 Å². The van der Waals surface area contributed by atoms with E-state index in [-0.39, 0.29) is 0 Å². The third-order valence-electron chi connectivity index (χ3n) is 1.22. The molecule has 1 aromatic heterocycles. The van der Waals surface area contributed by atoms with Crippen LogP contribution in [0.4, 0.5) is 0 Å². The number of halogens is 1. The lowest BCUT2D eigenvalue weighted by atomic mass is 10.3. The Morgan fingerprint density at radius 3 is 1.85 bits per heavy atom. The summed E-state index contributed by atoms with van der Waals surface area (Å²) < 4.78 is 39.0. The van der Waals surface area contributed by atoms with Gasteiger partial charge in [-0.2, -0.15) is 0 Å². The molecule has 1 rings (SSSR count). The average molecular weight is 209 g/mol. The van der Waals surface area contributed by atoms with Crippen LogP contribution < -0.4 is 18.6 Å². The second kappa shape index (κ2) is 5.11. The van der Waals surface area contributed by atoms with Gasteiger partial charge < -0.3 is 0 Å². The third-order valence-corrected chi connectivity index (χ3v) is 1.22. The first-order valence-corrected chi connectivity index (χ1v) is 4.50. The topological polar surface area (TPSA) is 104 Å². The Kier molecular flexibility index (Phi) is 4.82. The fourth-order valence-corrected chi connectivity index (χ4v) is 0.535. The van der Waals surface area contributed by atoms with Gasteiger partial charge in [0.25, 0.3) is 0 Å². The zero-order chi connectivity index (χ0) is 10.5. The van der Waals surface area contributed by atoms with E-state index in [4.69, 9.17) is 23.1 Å². The van der Waals surface area contributed by atoms with Gasteiger partial charge in [-0.25, -0.2) is 23.1 Å². The highest BCUT2D eigenvalue weighted by molar-refractivity contribution is 5.11. The number of hydrogen-bond donors (Lipinski definition) is 0. The molecule has 0 aliphatic rings. The second-order valence-electron chi connectivity index (χ2n) is 2.23. The average Bonchev–Trinajstić information content (AvgIpc) is 1.92. The molecule has 0 spiro atoms. The summed E-state index contributed by atoms with van der Waals surface area (Å²) in [6, 6.07) is 3.92. The van der Waals surface area contributed by atoms with E-state index >= 15 is 0 Å². The predicted octanol–water partition coefficient (Wildman–Crippen LogP) is -2.58. The standard InChI is InChI=1S/C7H9O.ClHO4/c1-6-4-3-5-8-7(6)2;2-1(3,4)5/h3-5H,1-2H3;(H,2,3,4,5)/q+1;/p-1. The highest BCUT2D eigenvalue weighted by Gasteiger charge is 1.99. The minimum atomic E-state index is -4.94. The van der Waals surface area contributed by atoms with Crippen LogP contribution in [0.15, 0.2) is 22.8 Å². The minimum absolute atomic E-state index is 0.993. The monoisotopic (exact) mass is 208 g/mol. The van der Waals surface area contributed by atoms with Gasteiger partial charge in [0.05, 0.1) is 6.92 Å². The molecule has 0 unspecified atom stereocenters. The van der Waals surface area contributed by atoms with Crippen molar-refractivity contribution in [3.05, 3.63) is 29.7 Å². The van der Waals surface area contributed by atoms with Gasteiger partial charge in [0.2, 0.25) is 0 Å². The van der Waals surface area contributed by atoms with Crippen LogP contribution in [0, 0.1) is 24.1 Å². The van der Waals surface area contributed by atoms with Gasteiger partial charge in [-0.1, -0.05) is 0 Å². The van der Waals surface area contributed by atoms with E-state index in [9.17, 15) is 0 Å². The molecular formula is C7H9ClO5. The maximum Gasteiger partial charge on any atom is 0.328 e. The molecule has 0 radical (unpaired) electrons. The van der Waals surface area contributed by atoms with Gasteiger partial charge in [-0.05, 0) is 13.0 Å². The van der Waals surface area contributed by atoms with Crippen LogP contribution in [-0.2, 0) is 0 Å². The molecule has 1 heterocycles. The predicted molar refractivity (Wildman–Crippen MR) is 32.6 cm³/mol. The van der Waals surface area contributed by atoms with Crippen LogP contribution >= 0.6 is 0 Å². The number of aryl methyl sites for hydroxylation is 2. The molecule has 74 valence electrons. The maximum atomic E-state index is 8.49. The lowest BCUT2D eigenvalue weighted by molar-refractivity contribution is -2.00. The first-order valence-electron chi connectivity index (χ1n) is 3.26. The normalized spacial score (nSPS) is 10.3. The highest BCUT2D eigenvalue weighted by atomic mass is 35.7. The maximum absolute atomic E-state index is 8.49. The van der Waals surface area contributed by atoms with Crippen molar-refractivity contribution >= 4 is 0 Å².